The lowest BCUT2D eigenvalue weighted by atomic mass is 10.0. The first kappa shape index (κ1) is 32.0. The molecule has 0 aliphatic rings. The number of pyridine rings is 1. The fraction of sp³-hybridized carbons (Fsp3) is 0.323. The van der Waals surface area contributed by atoms with Crippen LogP contribution < -0.4 is 9.30 Å². The summed E-state index contributed by atoms with van der Waals surface area (Å²) in [5, 5.41) is 10.8. The van der Waals surface area contributed by atoms with Gasteiger partial charge in [0.05, 0.1) is 60.7 Å². The number of carboxylic acids is 1. The Bertz CT molecular complexity index is 1680. The van der Waals surface area contributed by atoms with E-state index in [1.165, 1.54) is 12.1 Å². The van der Waals surface area contributed by atoms with E-state index in [1.807, 2.05) is 28.8 Å². The highest BCUT2D eigenvalue weighted by Gasteiger charge is 2.27. The largest absolute Gasteiger partial charge is 0.478 e. The average molecular weight is 613 g/mol. The standard InChI is InChI=1S/C31H33NO10S/c1-21-18-22(30(33)34)19-23(20-41-16-15-40-14-13-39-2)29(21)42-31(35)28-24-8-3-5-10-26(24)32(12-7-17-43(36,37)38)27-11-6-4-9-25(27)28/h3-6,8-11,18-19H,7,12-17,20H2,1-2H3,(H-,33,34,36,37,38)/p+1. The van der Waals surface area contributed by atoms with Gasteiger partial charge < -0.3 is 24.1 Å². The van der Waals surface area contributed by atoms with Crippen molar-refractivity contribution in [1.29, 1.82) is 0 Å². The first-order chi connectivity index (χ1) is 20.6. The fourth-order valence-electron chi connectivity index (χ4n) is 4.89. The van der Waals surface area contributed by atoms with Crippen LogP contribution in [0, 0.1) is 6.92 Å². The van der Waals surface area contributed by atoms with Gasteiger partial charge in [0.25, 0.3) is 10.1 Å². The molecule has 0 radical (unpaired) electrons. The lowest BCUT2D eigenvalue weighted by molar-refractivity contribution is -0.645. The molecule has 1 aromatic heterocycles. The second-order valence-electron chi connectivity index (χ2n) is 9.83. The Hall–Kier alpha value is -3.94. The zero-order valence-corrected chi connectivity index (χ0v) is 24.8. The van der Waals surface area contributed by atoms with Gasteiger partial charge in [-0.15, -0.1) is 0 Å². The normalized spacial score (nSPS) is 11.7. The Kier molecular flexibility index (Phi) is 10.8. The number of fused-ring (bicyclic) bond motifs is 2. The van der Waals surface area contributed by atoms with E-state index in [4.69, 9.17) is 18.9 Å². The molecule has 4 aromatic rings. The van der Waals surface area contributed by atoms with Crippen molar-refractivity contribution < 1.29 is 51.2 Å². The van der Waals surface area contributed by atoms with Crippen LogP contribution in [0.1, 0.15) is 38.3 Å². The number of hydrogen-bond donors (Lipinski definition) is 2. The van der Waals surface area contributed by atoms with E-state index in [9.17, 15) is 27.7 Å². The zero-order chi connectivity index (χ0) is 31.0. The quantitative estimate of drug-likeness (QED) is 0.0504. The van der Waals surface area contributed by atoms with Gasteiger partial charge in [0.1, 0.15) is 5.75 Å². The van der Waals surface area contributed by atoms with Crippen molar-refractivity contribution in [3.63, 3.8) is 0 Å². The number of hydrogen-bond acceptors (Lipinski definition) is 8. The number of ether oxygens (including phenoxy) is 4. The van der Waals surface area contributed by atoms with Crippen LogP contribution in [0.5, 0.6) is 5.75 Å². The number of aromatic nitrogens is 1. The summed E-state index contributed by atoms with van der Waals surface area (Å²) in [4.78, 5) is 25.7. The first-order valence-corrected chi connectivity index (χ1v) is 15.2. The third-order valence-electron chi connectivity index (χ3n) is 6.77. The Morgan fingerprint density at radius 2 is 1.49 bits per heavy atom. The number of rotatable bonds is 15. The van der Waals surface area contributed by atoms with Gasteiger partial charge in [-0.3, -0.25) is 4.55 Å². The SMILES string of the molecule is COCCOCCOCc1cc(C(=O)O)cc(C)c1OC(=O)c1c2ccccc2[n+](CCCS(=O)(=O)O)c2ccccc12. The van der Waals surface area contributed by atoms with E-state index in [0.717, 1.165) is 0 Å². The second kappa shape index (κ2) is 14.5. The number of carbonyl (C=O) groups excluding carboxylic acids is 1. The van der Waals surface area contributed by atoms with Crippen molar-refractivity contribution in [2.24, 2.45) is 0 Å². The maximum absolute atomic E-state index is 14.0. The monoisotopic (exact) mass is 612 g/mol. The fourth-order valence-corrected chi connectivity index (χ4v) is 5.39. The highest BCUT2D eigenvalue weighted by atomic mass is 32.2. The number of nitrogens with zero attached hydrogens (tertiary/aromatic N) is 1. The Morgan fingerprint density at radius 3 is 2.09 bits per heavy atom. The zero-order valence-electron chi connectivity index (χ0n) is 23.9. The summed E-state index contributed by atoms with van der Waals surface area (Å²) in [6.07, 6.45) is 0.164. The predicted octanol–water partition coefficient (Wildman–Crippen LogP) is 3.96. The number of para-hydroxylation sites is 2. The van der Waals surface area contributed by atoms with Crippen LogP contribution in [0.25, 0.3) is 21.8 Å². The highest BCUT2D eigenvalue weighted by Crippen LogP contribution is 2.31. The summed E-state index contributed by atoms with van der Waals surface area (Å²) in [5.74, 6) is -1.97. The molecule has 0 bridgehead atoms. The molecule has 43 heavy (non-hydrogen) atoms. The van der Waals surface area contributed by atoms with Crippen LogP contribution in [0.15, 0.2) is 60.7 Å². The molecule has 1 heterocycles. The number of methoxy groups -OCH3 is 1. The number of aryl methyl sites for hydroxylation is 2. The van der Waals surface area contributed by atoms with Gasteiger partial charge in [-0.2, -0.15) is 13.0 Å². The summed E-state index contributed by atoms with van der Waals surface area (Å²) < 4.78 is 55.9. The molecule has 0 saturated heterocycles. The Morgan fingerprint density at radius 1 is 0.884 bits per heavy atom. The number of benzene rings is 3. The molecule has 0 saturated carbocycles. The maximum atomic E-state index is 14.0. The molecule has 0 aliphatic heterocycles. The van der Waals surface area contributed by atoms with E-state index >= 15 is 0 Å². The van der Waals surface area contributed by atoms with Crippen molar-refractivity contribution in [3.8, 4) is 5.75 Å². The smallest absolute Gasteiger partial charge is 0.345 e. The van der Waals surface area contributed by atoms with Crippen LogP contribution in [-0.2, 0) is 37.5 Å². The van der Waals surface area contributed by atoms with Gasteiger partial charge in [-0.25, -0.2) is 9.59 Å². The van der Waals surface area contributed by atoms with E-state index in [0.29, 0.717) is 58.3 Å². The molecule has 0 fully saturated rings. The maximum Gasteiger partial charge on any atom is 0.345 e. The lowest BCUT2D eigenvalue weighted by Gasteiger charge is -2.16. The average Bonchev–Trinajstić information content (AvgIpc) is 2.97. The third-order valence-corrected chi connectivity index (χ3v) is 7.58. The van der Waals surface area contributed by atoms with Crippen LogP contribution in [-0.4, -0.2) is 69.3 Å². The number of esters is 1. The molecule has 12 heteroatoms. The van der Waals surface area contributed by atoms with Gasteiger partial charge in [-0.1, -0.05) is 24.3 Å². The van der Waals surface area contributed by atoms with Gasteiger partial charge in [0.2, 0.25) is 11.0 Å². The number of aromatic carboxylic acids is 1. The molecule has 0 atom stereocenters. The number of carboxylic acid groups (broad SMARTS) is 1. The summed E-state index contributed by atoms with van der Waals surface area (Å²) >= 11 is 0. The van der Waals surface area contributed by atoms with Crippen molar-refractivity contribution in [2.75, 3.05) is 39.3 Å². The van der Waals surface area contributed by atoms with E-state index in [2.05, 4.69) is 0 Å². The second-order valence-corrected chi connectivity index (χ2v) is 11.4. The summed E-state index contributed by atoms with van der Waals surface area (Å²) in [5.41, 5.74) is 2.54. The first-order valence-electron chi connectivity index (χ1n) is 13.6. The molecule has 2 N–H and O–H groups in total. The third kappa shape index (κ3) is 8.12. The molecular formula is C31H34NO10S+. The lowest BCUT2D eigenvalue weighted by Crippen LogP contribution is -2.37. The molecule has 4 rings (SSSR count). The van der Waals surface area contributed by atoms with E-state index in [1.54, 1.807) is 38.3 Å². The van der Waals surface area contributed by atoms with Crippen molar-refractivity contribution >= 4 is 43.9 Å². The van der Waals surface area contributed by atoms with Gasteiger partial charge in [0.15, 0.2) is 6.54 Å². The van der Waals surface area contributed by atoms with Crippen LogP contribution in [0.2, 0.25) is 0 Å². The minimum Gasteiger partial charge on any atom is -0.478 e. The van der Waals surface area contributed by atoms with Crippen molar-refractivity contribution in [2.45, 2.75) is 26.5 Å². The molecule has 11 nitrogen and oxygen atoms in total. The Balaban J connectivity index is 1.71. The van der Waals surface area contributed by atoms with Gasteiger partial charge in [0, 0.05) is 31.2 Å². The van der Waals surface area contributed by atoms with Crippen LogP contribution >= 0.6 is 0 Å². The van der Waals surface area contributed by atoms with Gasteiger partial charge >= 0.3 is 11.9 Å². The molecule has 0 spiro atoms. The number of carbonyl (C=O) groups is 2. The minimum atomic E-state index is -4.13. The summed E-state index contributed by atoms with van der Waals surface area (Å²) in [7, 11) is -2.56. The molecule has 0 aliphatic carbocycles. The predicted molar refractivity (Wildman–Crippen MR) is 158 cm³/mol. The van der Waals surface area contributed by atoms with E-state index < -0.39 is 27.8 Å². The summed E-state index contributed by atoms with van der Waals surface area (Å²) in [6.45, 7) is 3.34. The van der Waals surface area contributed by atoms with E-state index in [-0.39, 0.29) is 37.5 Å². The molecule has 0 amide bonds. The highest BCUT2D eigenvalue weighted by molar-refractivity contribution is 7.85. The van der Waals surface area contributed by atoms with Gasteiger partial charge in [-0.05, 0) is 36.8 Å². The molecular weight excluding hydrogens is 578 g/mol. The van der Waals surface area contributed by atoms with Crippen molar-refractivity contribution in [3.05, 3.63) is 82.9 Å². The molecule has 0 unspecified atom stereocenters. The minimum absolute atomic E-state index is 0.0116. The summed E-state index contributed by atoms with van der Waals surface area (Å²) in [6, 6.07) is 17.3. The van der Waals surface area contributed by atoms with Crippen LogP contribution in [0.3, 0.4) is 0 Å². The molecule has 228 valence electrons. The topological polar surface area (TPSA) is 150 Å². The Labute approximate surface area is 249 Å². The molecule has 3 aromatic carbocycles. The van der Waals surface area contributed by atoms with Crippen molar-refractivity contribution in [1.82, 2.24) is 0 Å². The van der Waals surface area contributed by atoms with Crippen LogP contribution in [0.4, 0.5) is 0 Å².